The van der Waals surface area contributed by atoms with E-state index in [9.17, 15) is 0 Å². The molecule has 3 heteroatoms. The van der Waals surface area contributed by atoms with Crippen LogP contribution in [0, 0.1) is 0 Å². The van der Waals surface area contributed by atoms with Crippen LogP contribution in [-0.2, 0) is 17.6 Å². The zero-order chi connectivity index (χ0) is 10.1. The first kappa shape index (κ1) is 9.82. The highest BCUT2D eigenvalue weighted by Crippen LogP contribution is 2.33. The summed E-state index contributed by atoms with van der Waals surface area (Å²) >= 11 is 2.00. The summed E-state index contributed by atoms with van der Waals surface area (Å²) in [6.07, 6.45) is 5.34. The average Bonchev–Trinajstić information content (AvgIpc) is 2.74. The van der Waals surface area contributed by atoms with Crippen LogP contribution in [0.2, 0.25) is 0 Å². The van der Waals surface area contributed by atoms with E-state index in [2.05, 4.69) is 11.4 Å². The number of hydrogen-bond donors (Lipinski definition) is 1. The van der Waals surface area contributed by atoms with Gasteiger partial charge in [-0.05, 0) is 37.3 Å². The quantitative estimate of drug-likeness (QED) is 0.788. The molecule has 1 aromatic rings. The second-order valence-electron chi connectivity index (χ2n) is 4.39. The molecule has 0 amide bonds. The first-order chi connectivity index (χ1) is 7.43. The summed E-state index contributed by atoms with van der Waals surface area (Å²) in [5, 5.41) is 3.53. The summed E-state index contributed by atoms with van der Waals surface area (Å²) in [6.45, 7) is 2.70. The first-order valence-electron chi connectivity index (χ1n) is 5.86. The molecule has 1 unspecified atom stereocenters. The van der Waals surface area contributed by atoms with Gasteiger partial charge in [0.2, 0.25) is 0 Å². The van der Waals surface area contributed by atoms with E-state index in [1.165, 1.54) is 30.6 Å². The van der Waals surface area contributed by atoms with E-state index in [0.717, 1.165) is 19.8 Å². The molecule has 1 saturated heterocycles. The molecule has 1 fully saturated rings. The molecule has 3 rings (SSSR count). The second-order valence-corrected chi connectivity index (χ2v) is 5.55. The molecular weight excluding hydrogens is 206 g/mol. The van der Waals surface area contributed by atoms with Crippen molar-refractivity contribution >= 4 is 11.3 Å². The van der Waals surface area contributed by atoms with Crippen molar-refractivity contribution in [2.75, 3.05) is 19.8 Å². The maximum absolute atomic E-state index is 5.51. The lowest BCUT2D eigenvalue weighted by molar-refractivity contribution is 0.0779. The topological polar surface area (TPSA) is 21.3 Å². The minimum atomic E-state index is 0.453. The third kappa shape index (κ3) is 1.96. The van der Waals surface area contributed by atoms with Gasteiger partial charge in [0.1, 0.15) is 0 Å². The van der Waals surface area contributed by atoms with Gasteiger partial charge in [0.15, 0.2) is 0 Å². The number of aryl methyl sites for hydroxylation is 2. The smallest absolute Gasteiger partial charge is 0.0670 e. The van der Waals surface area contributed by atoms with Crippen LogP contribution in [0.5, 0.6) is 0 Å². The van der Waals surface area contributed by atoms with E-state index in [-0.39, 0.29) is 0 Å². The van der Waals surface area contributed by atoms with Gasteiger partial charge >= 0.3 is 0 Å². The molecule has 2 aliphatic rings. The van der Waals surface area contributed by atoms with Crippen LogP contribution in [0.25, 0.3) is 0 Å². The Bertz CT molecular complexity index is 318. The van der Waals surface area contributed by atoms with Gasteiger partial charge < -0.3 is 10.1 Å². The molecule has 1 aromatic heterocycles. The van der Waals surface area contributed by atoms with Crippen molar-refractivity contribution in [1.82, 2.24) is 5.32 Å². The number of hydrogen-bond acceptors (Lipinski definition) is 3. The fraction of sp³-hybridized carbons (Fsp3) is 0.667. The van der Waals surface area contributed by atoms with Crippen molar-refractivity contribution in [3.05, 3.63) is 21.4 Å². The number of morpholine rings is 1. The Kier molecular flexibility index (Phi) is 2.77. The molecule has 1 atom stereocenters. The molecule has 0 saturated carbocycles. The predicted octanol–water partition coefficient (Wildman–Crippen LogP) is 2.29. The molecule has 1 aliphatic heterocycles. The van der Waals surface area contributed by atoms with Gasteiger partial charge in [0.25, 0.3) is 0 Å². The third-order valence-electron chi connectivity index (χ3n) is 3.28. The highest BCUT2D eigenvalue weighted by molar-refractivity contribution is 7.12. The van der Waals surface area contributed by atoms with Gasteiger partial charge in [-0.25, -0.2) is 0 Å². The van der Waals surface area contributed by atoms with Gasteiger partial charge in [-0.15, -0.1) is 11.3 Å². The lowest BCUT2D eigenvalue weighted by atomic mass is 9.99. The minimum Gasteiger partial charge on any atom is -0.378 e. The molecule has 82 valence electrons. The molecule has 15 heavy (non-hydrogen) atoms. The van der Waals surface area contributed by atoms with Crippen LogP contribution < -0.4 is 5.32 Å². The van der Waals surface area contributed by atoms with Gasteiger partial charge in [0, 0.05) is 16.3 Å². The number of rotatable bonds is 1. The molecule has 0 spiro atoms. The highest BCUT2D eigenvalue weighted by atomic mass is 32.1. The molecular formula is C12H17NOS. The van der Waals surface area contributed by atoms with Gasteiger partial charge in [-0.1, -0.05) is 0 Å². The standard InChI is InChI=1S/C12H17NOS/c1-2-4-11-9(3-1)7-12(15-11)10-8-14-6-5-13-10/h7,10,13H,1-6,8H2. The van der Waals surface area contributed by atoms with E-state index in [1.54, 1.807) is 10.4 Å². The van der Waals surface area contributed by atoms with E-state index in [0.29, 0.717) is 6.04 Å². The van der Waals surface area contributed by atoms with Crippen LogP contribution in [0.1, 0.15) is 34.2 Å². The maximum atomic E-state index is 5.51. The zero-order valence-electron chi connectivity index (χ0n) is 8.92. The Morgan fingerprint density at radius 1 is 1.33 bits per heavy atom. The van der Waals surface area contributed by atoms with Crippen LogP contribution in [-0.4, -0.2) is 19.8 Å². The number of nitrogens with one attached hydrogen (secondary N) is 1. The van der Waals surface area contributed by atoms with Crippen molar-refractivity contribution in [3.63, 3.8) is 0 Å². The number of ether oxygens (including phenoxy) is 1. The molecule has 2 heterocycles. The van der Waals surface area contributed by atoms with Crippen molar-refractivity contribution in [1.29, 1.82) is 0 Å². The normalized spacial score (nSPS) is 26.3. The van der Waals surface area contributed by atoms with Crippen LogP contribution >= 0.6 is 11.3 Å². The fourth-order valence-electron chi connectivity index (χ4n) is 2.43. The fourth-order valence-corrected chi connectivity index (χ4v) is 3.75. The van der Waals surface area contributed by atoms with Gasteiger partial charge in [0.05, 0.1) is 19.3 Å². The SMILES string of the molecule is c1c(C2COCCN2)sc2c1CCCC2. The third-order valence-corrected chi connectivity index (χ3v) is 4.63. The molecule has 0 bridgehead atoms. The van der Waals surface area contributed by atoms with E-state index >= 15 is 0 Å². The summed E-state index contributed by atoms with van der Waals surface area (Å²) in [7, 11) is 0. The summed E-state index contributed by atoms with van der Waals surface area (Å²) in [6, 6.07) is 2.86. The first-order valence-corrected chi connectivity index (χ1v) is 6.68. The Morgan fingerprint density at radius 3 is 3.07 bits per heavy atom. The maximum Gasteiger partial charge on any atom is 0.0670 e. The van der Waals surface area contributed by atoms with Crippen molar-refractivity contribution in [3.8, 4) is 0 Å². The lowest BCUT2D eigenvalue weighted by Gasteiger charge is -2.22. The number of thiophene rings is 1. The Balaban J connectivity index is 1.82. The summed E-state index contributed by atoms with van der Waals surface area (Å²) in [5.74, 6) is 0. The number of fused-ring (bicyclic) bond motifs is 1. The molecule has 2 nitrogen and oxygen atoms in total. The Hall–Kier alpha value is -0.380. The highest BCUT2D eigenvalue weighted by Gasteiger charge is 2.20. The van der Waals surface area contributed by atoms with Crippen molar-refractivity contribution in [2.45, 2.75) is 31.7 Å². The second kappa shape index (κ2) is 4.24. The summed E-state index contributed by atoms with van der Waals surface area (Å²) < 4.78 is 5.51. The zero-order valence-corrected chi connectivity index (χ0v) is 9.74. The molecule has 0 aromatic carbocycles. The Morgan fingerprint density at radius 2 is 2.27 bits per heavy atom. The van der Waals surface area contributed by atoms with Gasteiger partial charge in [-0.2, -0.15) is 0 Å². The van der Waals surface area contributed by atoms with Crippen LogP contribution in [0.3, 0.4) is 0 Å². The molecule has 1 aliphatic carbocycles. The minimum absolute atomic E-state index is 0.453. The van der Waals surface area contributed by atoms with E-state index in [4.69, 9.17) is 4.74 Å². The van der Waals surface area contributed by atoms with Gasteiger partial charge in [-0.3, -0.25) is 0 Å². The summed E-state index contributed by atoms with van der Waals surface area (Å²) in [4.78, 5) is 3.12. The largest absolute Gasteiger partial charge is 0.378 e. The van der Waals surface area contributed by atoms with Crippen molar-refractivity contribution in [2.24, 2.45) is 0 Å². The molecule has 1 N–H and O–H groups in total. The molecule has 0 radical (unpaired) electrons. The van der Waals surface area contributed by atoms with Crippen molar-refractivity contribution < 1.29 is 4.74 Å². The van der Waals surface area contributed by atoms with E-state index in [1.807, 2.05) is 11.3 Å². The lowest BCUT2D eigenvalue weighted by Crippen LogP contribution is -2.34. The van der Waals surface area contributed by atoms with Crippen LogP contribution in [0.4, 0.5) is 0 Å². The predicted molar refractivity (Wildman–Crippen MR) is 62.5 cm³/mol. The average molecular weight is 223 g/mol. The monoisotopic (exact) mass is 223 g/mol. The Labute approximate surface area is 94.6 Å². The van der Waals surface area contributed by atoms with Crippen LogP contribution in [0.15, 0.2) is 6.07 Å². The summed E-state index contributed by atoms with van der Waals surface area (Å²) in [5.41, 5.74) is 1.61. The van der Waals surface area contributed by atoms with E-state index < -0.39 is 0 Å².